The number of likely N-dealkylation sites (tertiary alicyclic amines) is 3. The number of hydrogen-bond acceptors (Lipinski definition) is 10. The van der Waals surface area contributed by atoms with Crippen molar-refractivity contribution in [3.8, 4) is 11.5 Å². The second kappa shape index (κ2) is 14.2. The molecule has 4 fully saturated rings. The molecule has 0 radical (unpaired) electrons. The summed E-state index contributed by atoms with van der Waals surface area (Å²) in [7, 11) is 0. The van der Waals surface area contributed by atoms with E-state index in [9.17, 15) is 4.79 Å². The Hall–Kier alpha value is -4.22. The van der Waals surface area contributed by atoms with Gasteiger partial charge < -0.3 is 35.2 Å². The topological polar surface area (TPSA) is 133 Å². The Balaban J connectivity index is 0.848. The van der Waals surface area contributed by atoms with Gasteiger partial charge >= 0.3 is 6.09 Å². The monoisotopic (exact) mass is 680 g/mol. The summed E-state index contributed by atoms with van der Waals surface area (Å²) in [6.07, 6.45) is 8.53. The van der Waals surface area contributed by atoms with Crippen LogP contribution in [0, 0.1) is 16.7 Å². The molecular weight excluding hydrogens is 628 g/mol. The van der Waals surface area contributed by atoms with E-state index in [2.05, 4.69) is 25.1 Å². The molecule has 1 aromatic heterocycles. The number of nitrogens with one attached hydrogen (secondary N) is 2. The van der Waals surface area contributed by atoms with Crippen molar-refractivity contribution in [1.82, 2.24) is 24.7 Å². The Morgan fingerprint density at radius 1 is 0.960 bits per heavy atom. The van der Waals surface area contributed by atoms with Gasteiger partial charge in [-0.2, -0.15) is 0 Å². The summed E-state index contributed by atoms with van der Waals surface area (Å²) < 4.78 is 11.4. The van der Waals surface area contributed by atoms with Crippen LogP contribution in [0.2, 0.25) is 0 Å². The minimum absolute atomic E-state index is 0.177. The Morgan fingerprint density at radius 3 is 2.28 bits per heavy atom. The summed E-state index contributed by atoms with van der Waals surface area (Å²) >= 11 is 0. The van der Waals surface area contributed by atoms with Crippen LogP contribution in [0.25, 0.3) is 0 Å². The number of piperidine rings is 1. The van der Waals surface area contributed by atoms with Crippen molar-refractivity contribution in [1.29, 1.82) is 5.41 Å². The summed E-state index contributed by atoms with van der Waals surface area (Å²) in [5.41, 5.74) is 7.95. The van der Waals surface area contributed by atoms with Gasteiger partial charge in [0.15, 0.2) is 0 Å². The molecule has 1 saturated carbocycles. The van der Waals surface area contributed by atoms with E-state index in [0.717, 1.165) is 56.9 Å². The second-order valence-electron chi connectivity index (χ2n) is 15.9. The molecular formula is C39H52N8O3. The minimum Gasteiger partial charge on any atom is -0.457 e. The molecule has 4 N–H and O–H groups in total. The third kappa shape index (κ3) is 7.89. The molecule has 11 nitrogen and oxygen atoms in total. The lowest BCUT2D eigenvalue weighted by atomic mass is 9.67. The van der Waals surface area contributed by atoms with Gasteiger partial charge in [-0.25, -0.2) is 14.8 Å². The molecule has 3 aliphatic heterocycles. The highest BCUT2D eigenvalue weighted by atomic mass is 16.6. The van der Waals surface area contributed by atoms with E-state index >= 15 is 0 Å². The molecule has 0 atom stereocenters. The SMILES string of the molecule is CC(C)(C)OC(=O)N1CC(CN2CC3(CCC(N4CCC(Nc5ncnc(N)c5C(=N)c5ccc(Oc6ccccc6)cc5)CC4)CC3)C2)C1. The molecule has 2 aromatic carbocycles. The Morgan fingerprint density at radius 2 is 1.62 bits per heavy atom. The molecule has 266 valence electrons. The molecule has 4 aliphatic rings. The fraction of sp³-hybridized carbons (Fsp3) is 0.538. The van der Waals surface area contributed by atoms with Gasteiger partial charge in [0, 0.05) is 69.4 Å². The van der Waals surface area contributed by atoms with E-state index in [-0.39, 0.29) is 17.8 Å². The van der Waals surface area contributed by atoms with Crippen LogP contribution in [-0.2, 0) is 4.74 Å². The highest BCUT2D eigenvalue weighted by Crippen LogP contribution is 2.45. The first-order chi connectivity index (χ1) is 24.0. The summed E-state index contributed by atoms with van der Waals surface area (Å²) in [6, 6.07) is 18.1. The third-order valence-electron chi connectivity index (χ3n) is 10.9. The maximum Gasteiger partial charge on any atom is 0.410 e. The number of nitrogen functional groups attached to an aromatic ring is 1. The predicted octanol–water partition coefficient (Wildman–Crippen LogP) is 6.26. The largest absolute Gasteiger partial charge is 0.457 e. The highest BCUT2D eigenvalue weighted by molar-refractivity contribution is 6.16. The summed E-state index contributed by atoms with van der Waals surface area (Å²) in [4.78, 5) is 28.2. The number of para-hydroxylation sites is 1. The first-order valence-corrected chi connectivity index (χ1v) is 18.3. The Labute approximate surface area is 296 Å². The van der Waals surface area contributed by atoms with Crippen LogP contribution in [0.5, 0.6) is 11.5 Å². The van der Waals surface area contributed by atoms with Crippen LogP contribution in [-0.4, -0.2) is 100.0 Å². The average Bonchev–Trinajstić information content (AvgIpc) is 3.06. The van der Waals surface area contributed by atoms with Crippen LogP contribution in [0.3, 0.4) is 0 Å². The summed E-state index contributed by atoms with van der Waals surface area (Å²) in [6.45, 7) is 13.0. The van der Waals surface area contributed by atoms with Gasteiger partial charge in [0.1, 0.15) is 35.1 Å². The average molecular weight is 681 g/mol. The smallest absolute Gasteiger partial charge is 0.410 e. The molecule has 11 heteroatoms. The van der Waals surface area contributed by atoms with E-state index in [1.807, 2.05) is 80.3 Å². The van der Waals surface area contributed by atoms with Crippen molar-refractivity contribution in [2.24, 2.45) is 11.3 Å². The molecule has 1 amide bonds. The number of hydrogen-bond donors (Lipinski definition) is 3. The van der Waals surface area contributed by atoms with Gasteiger partial charge in [-0.3, -0.25) is 5.41 Å². The lowest BCUT2D eigenvalue weighted by Crippen LogP contribution is -2.63. The van der Waals surface area contributed by atoms with Crippen molar-refractivity contribution in [3.05, 3.63) is 72.1 Å². The van der Waals surface area contributed by atoms with Crippen molar-refractivity contribution in [3.63, 3.8) is 0 Å². The van der Waals surface area contributed by atoms with Gasteiger partial charge in [0.25, 0.3) is 0 Å². The molecule has 4 heterocycles. The van der Waals surface area contributed by atoms with Gasteiger partial charge in [-0.15, -0.1) is 0 Å². The van der Waals surface area contributed by atoms with Gasteiger partial charge in [0.05, 0.1) is 11.3 Å². The normalized spacial score (nSPS) is 20.6. The van der Waals surface area contributed by atoms with Gasteiger partial charge in [-0.1, -0.05) is 18.2 Å². The van der Waals surface area contributed by atoms with E-state index in [0.29, 0.717) is 40.3 Å². The number of benzene rings is 2. The third-order valence-corrected chi connectivity index (χ3v) is 10.9. The number of ether oxygens (including phenoxy) is 2. The number of carbonyl (C=O) groups excluding carboxylic acids is 1. The molecule has 3 aromatic rings. The number of nitrogens with two attached hydrogens (primary N) is 1. The number of aromatic nitrogens is 2. The van der Waals surface area contributed by atoms with Crippen molar-refractivity contribution in [2.45, 2.75) is 77.0 Å². The van der Waals surface area contributed by atoms with Crippen molar-refractivity contribution < 1.29 is 14.3 Å². The molecule has 1 aliphatic carbocycles. The number of carbonyl (C=O) groups is 1. The molecule has 1 spiro atoms. The maximum absolute atomic E-state index is 12.3. The van der Waals surface area contributed by atoms with Gasteiger partial charge in [0.2, 0.25) is 0 Å². The van der Waals surface area contributed by atoms with Crippen LogP contribution in [0.1, 0.15) is 70.4 Å². The lowest BCUT2D eigenvalue weighted by molar-refractivity contribution is -0.0683. The summed E-state index contributed by atoms with van der Waals surface area (Å²) in [5.74, 6) is 2.96. The molecule has 50 heavy (non-hydrogen) atoms. The fourth-order valence-corrected chi connectivity index (χ4v) is 8.27. The van der Waals surface area contributed by atoms with E-state index in [4.69, 9.17) is 20.6 Å². The lowest BCUT2D eigenvalue weighted by Gasteiger charge is -2.56. The quantitative estimate of drug-likeness (QED) is 0.224. The summed E-state index contributed by atoms with van der Waals surface area (Å²) in [5, 5.41) is 12.6. The zero-order valence-corrected chi connectivity index (χ0v) is 29.7. The van der Waals surface area contributed by atoms with E-state index < -0.39 is 5.60 Å². The van der Waals surface area contributed by atoms with Crippen LogP contribution in [0.4, 0.5) is 16.4 Å². The first-order valence-electron chi connectivity index (χ1n) is 18.3. The zero-order chi connectivity index (χ0) is 34.9. The first kappa shape index (κ1) is 34.2. The predicted molar refractivity (Wildman–Crippen MR) is 196 cm³/mol. The van der Waals surface area contributed by atoms with Crippen molar-refractivity contribution in [2.75, 3.05) is 56.9 Å². The fourth-order valence-electron chi connectivity index (χ4n) is 8.27. The number of nitrogens with zero attached hydrogens (tertiary/aromatic N) is 5. The van der Waals surface area contributed by atoms with Crippen LogP contribution < -0.4 is 15.8 Å². The standard InChI is InChI=1S/C39H52N8O3/c1-38(2,3)50-37(48)47-22-27(23-47)21-45-24-39(25-45)17-13-30(14-18-39)46-19-15-29(16-20-46)44-36-33(35(41)42-26-43-36)34(40)28-9-11-32(12-10-28)49-31-7-5-4-6-8-31/h4-12,26-27,29-30,40H,13-25H2,1-3H3,(H3,41,42,43,44). The van der Waals surface area contributed by atoms with Crippen LogP contribution in [0.15, 0.2) is 60.9 Å². The van der Waals surface area contributed by atoms with E-state index in [1.165, 1.54) is 45.1 Å². The molecule has 0 unspecified atom stereocenters. The Bertz CT molecular complexity index is 1630. The number of rotatable bonds is 9. The zero-order valence-electron chi connectivity index (χ0n) is 29.7. The number of amides is 1. The van der Waals surface area contributed by atoms with Crippen LogP contribution >= 0.6 is 0 Å². The van der Waals surface area contributed by atoms with Crippen molar-refractivity contribution >= 4 is 23.4 Å². The highest BCUT2D eigenvalue weighted by Gasteiger charge is 2.47. The molecule has 0 bridgehead atoms. The number of anilines is 2. The van der Waals surface area contributed by atoms with Gasteiger partial charge in [-0.05, 0) is 101 Å². The van der Waals surface area contributed by atoms with E-state index in [1.54, 1.807) is 0 Å². The molecule has 3 saturated heterocycles. The Kier molecular flexibility index (Phi) is 9.72. The minimum atomic E-state index is -0.436. The molecule has 7 rings (SSSR count). The maximum atomic E-state index is 12.3. The second-order valence-corrected chi connectivity index (χ2v) is 15.9.